The van der Waals surface area contributed by atoms with Crippen molar-refractivity contribution in [2.45, 2.75) is 70.3 Å². The van der Waals surface area contributed by atoms with Gasteiger partial charge in [0, 0.05) is 33.1 Å². The number of nitrogens with one attached hydrogen (secondary N) is 2. The van der Waals surface area contributed by atoms with Crippen molar-refractivity contribution < 1.29 is 45.6 Å². The Morgan fingerprint density at radius 1 is 1.21 bits per heavy atom. The van der Waals surface area contributed by atoms with Crippen molar-refractivity contribution in [2.75, 3.05) is 27.4 Å². The van der Waals surface area contributed by atoms with Crippen LogP contribution in [-0.4, -0.2) is 87.3 Å². The van der Waals surface area contributed by atoms with Gasteiger partial charge in [0.25, 0.3) is 11.8 Å². The average molecular weight is 621 g/mol. The molecule has 2 aliphatic rings. The van der Waals surface area contributed by atoms with E-state index in [1.807, 2.05) is 12.2 Å². The molecule has 1 saturated carbocycles. The van der Waals surface area contributed by atoms with Gasteiger partial charge < -0.3 is 25.0 Å². The fourth-order valence-corrected chi connectivity index (χ4v) is 4.04. The standard InChI is InChI=1S/C16H15F3N8O4.C6H10F2.C3H8O/c1-30-14-12(24-31-25-14)13(28)20-4-9-6-27-11(22-9)2-8(3-21-27)5-26-7-10(16(17,18)19)23-15(26)29;7-6(8)4-2-1-3-5-6;1-3-4-2/h2-3,6,10H,4-5,7H2,1H3,(H,20,28)(H,23,29);1-5H2;3H2,1-2H3. The highest BCUT2D eigenvalue weighted by Gasteiger charge is 2.46. The minimum absolute atomic E-state index is 0.0370. The molecule has 1 aliphatic carbocycles. The van der Waals surface area contributed by atoms with Gasteiger partial charge >= 0.3 is 12.2 Å². The summed E-state index contributed by atoms with van der Waals surface area (Å²) < 4.78 is 78.1. The number of urea groups is 1. The van der Waals surface area contributed by atoms with Gasteiger partial charge in [-0.2, -0.15) is 18.3 Å². The normalized spacial score (nSPS) is 17.8. The first-order valence-electron chi connectivity index (χ1n) is 13.3. The number of alkyl halides is 5. The van der Waals surface area contributed by atoms with Crippen LogP contribution in [0.2, 0.25) is 0 Å². The summed E-state index contributed by atoms with van der Waals surface area (Å²) in [6.07, 6.45) is 1.15. The Labute approximate surface area is 243 Å². The Kier molecular flexibility index (Phi) is 11.6. The highest BCUT2D eigenvalue weighted by atomic mass is 19.4. The molecule has 3 aromatic heterocycles. The maximum atomic E-state index is 12.8. The lowest BCUT2D eigenvalue weighted by molar-refractivity contribution is -0.149. The maximum absolute atomic E-state index is 12.8. The van der Waals surface area contributed by atoms with Crippen LogP contribution in [0.25, 0.3) is 5.65 Å². The van der Waals surface area contributed by atoms with E-state index in [1.54, 1.807) is 19.4 Å². The Morgan fingerprint density at radius 3 is 2.47 bits per heavy atom. The monoisotopic (exact) mass is 620 g/mol. The second-order valence-corrected chi connectivity index (χ2v) is 9.62. The number of ether oxygens (including phenoxy) is 2. The van der Waals surface area contributed by atoms with E-state index in [0.717, 1.165) is 17.9 Å². The highest BCUT2D eigenvalue weighted by Crippen LogP contribution is 2.32. The van der Waals surface area contributed by atoms with Crippen molar-refractivity contribution in [1.29, 1.82) is 0 Å². The molecule has 238 valence electrons. The maximum Gasteiger partial charge on any atom is 0.410 e. The zero-order chi connectivity index (χ0) is 31.6. The molecule has 1 aliphatic heterocycles. The molecule has 0 aromatic carbocycles. The summed E-state index contributed by atoms with van der Waals surface area (Å²) in [6, 6.07) is -1.11. The third-order valence-electron chi connectivity index (χ3n) is 6.35. The molecular weight excluding hydrogens is 587 g/mol. The lowest BCUT2D eigenvalue weighted by Crippen LogP contribution is -2.40. The van der Waals surface area contributed by atoms with Gasteiger partial charge in [0.05, 0.1) is 38.3 Å². The summed E-state index contributed by atoms with van der Waals surface area (Å²) in [7, 11) is 3.00. The smallest absolute Gasteiger partial charge is 0.410 e. The van der Waals surface area contributed by atoms with Crippen LogP contribution >= 0.6 is 0 Å². The number of carbonyl (C=O) groups is 2. The van der Waals surface area contributed by atoms with Crippen LogP contribution in [0.3, 0.4) is 0 Å². The molecule has 1 saturated heterocycles. The van der Waals surface area contributed by atoms with Crippen LogP contribution in [0.15, 0.2) is 23.1 Å². The molecule has 1 atom stereocenters. The molecule has 2 fully saturated rings. The zero-order valence-corrected chi connectivity index (χ0v) is 23.8. The molecule has 0 bridgehead atoms. The lowest BCUT2D eigenvalue weighted by Gasteiger charge is -2.20. The van der Waals surface area contributed by atoms with Crippen LogP contribution in [0, 0.1) is 0 Å². The lowest BCUT2D eigenvalue weighted by atomic mass is 9.97. The second-order valence-electron chi connectivity index (χ2n) is 9.62. The second kappa shape index (κ2) is 14.9. The molecule has 2 N–H and O–H groups in total. The molecule has 3 amide bonds. The average Bonchev–Trinajstić information content (AvgIpc) is 3.70. The number of nitrogens with zero attached hydrogens (tertiary/aromatic N) is 6. The summed E-state index contributed by atoms with van der Waals surface area (Å²) in [5.74, 6) is -2.96. The predicted octanol–water partition coefficient (Wildman–Crippen LogP) is 3.75. The molecule has 13 nitrogen and oxygen atoms in total. The minimum atomic E-state index is -4.51. The molecule has 0 spiro atoms. The Balaban J connectivity index is 0.000000353. The highest BCUT2D eigenvalue weighted by molar-refractivity contribution is 5.94. The van der Waals surface area contributed by atoms with Crippen molar-refractivity contribution in [2.24, 2.45) is 0 Å². The van der Waals surface area contributed by atoms with Gasteiger partial charge in [-0.3, -0.25) is 4.79 Å². The molecule has 3 aromatic rings. The molecular formula is C25H33F5N8O5. The van der Waals surface area contributed by atoms with Crippen molar-refractivity contribution in [3.05, 3.63) is 35.4 Å². The fraction of sp³-hybridized carbons (Fsp3) is 0.600. The van der Waals surface area contributed by atoms with Gasteiger partial charge in [-0.1, -0.05) is 6.42 Å². The third-order valence-corrected chi connectivity index (χ3v) is 6.35. The van der Waals surface area contributed by atoms with E-state index in [-0.39, 0.29) is 37.5 Å². The number of halogens is 5. The quantitative estimate of drug-likeness (QED) is 0.377. The van der Waals surface area contributed by atoms with Crippen molar-refractivity contribution in [1.82, 2.24) is 40.4 Å². The van der Waals surface area contributed by atoms with Crippen molar-refractivity contribution in [3.63, 3.8) is 0 Å². The van der Waals surface area contributed by atoms with E-state index in [9.17, 15) is 31.5 Å². The summed E-state index contributed by atoms with van der Waals surface area (Å²) in [6.45, 7) is 2.27. The number of fused-ring (bicyclic) bond motifs is 1. The SMILES string of the molecule is CCOC.COc1nonc1C(=O)NCc1cn2ncc(CN3CC(C(F)(F)F)NC3=O)cc2n1.FC1(F)CCCCC1. The Morgan fingerprint density at radius 2 is 1.91 bits per heavy atom. The van der Waals surface area contributed by atoms with Crippen LogP contribution < -0.4 is 15.4 Å². The van der Waals surface area contributed by atoms with Gasteiger partial charge in [0.15, 0.2) is 5.65 Å². The summed E-state index contributed by atoms with van der Waals surface area (Å²) >= 11 is 0. The number of rotatable bonds is 7. The summed E-state index contributed by atoms with van der Waals surface area (Å²) in [5, 5.41) is 15.5. The van der Waals surface area contributed by atoms with Crippen LogP contribution in [0.1, 0.15) is 60.8 Å². The number of imidazole rings is 1. The van der Waals surface area contributed by atoms with E-state index < -0.39 is 36.6 Å². The summed E-state index contributed by atoms with van der Waals surface area (Å²) in [4.78, 5) is 29.3. The van der Waals surface area contributed by atoms with Gasteiger partial charge in [0.2, 0.25) is 11.6 Å². The Bertz CT molecular complexity index is 1340. The van der Waals surface area contributed by atoms with Crippen LogP contribution in [0.4, 0.5) is 26.7 Å². The molecule has 4 heterocycles. The van der Waals surface area contributed by atoms with Gasteiger partial charge in [0.1, 0.15) is 6.04 Å². The number of carbonyl (C=O) groups excluding carboxylic acids is 2. The van der Waals surface area contributed by atoms with Crippen molar-refractivity contribution >= 4 is 17.6 Å². The first kappa shape index (κ1) is 33.4. The topological polar surface area (TPSA) is 149 Å². The molecule has 0 radical (unpaired) electrons. The van der Waals surface area contributed by atoms with E-state index in [4.69, 9.17) is 4.74 Å². The number of methoxy groups -OCH3 is 2. The number of hydrogen-bond acceptors (Lipinski definition) is 9. The predicted molar refractivity (Wildman–Crippen MR) is 139 cm³/mol. The number of aromatic nitrogens is 5. The minimum Gasteiger partial charge on any atom is -0.477 e. The van der Waals surface area contributed by atoms with Gasteiger partial charge in [-0.15, -0.1) is 0 Å². The van der Waals surface area contributed by atoms with Gasteiger partial charge in [-0.25, -0.2) is 27.7 Å². The van der Waals surface area contributed by atoms with Crippen molar-refractivity contribution in [3.8, 4) is 5.88 Å². The first-order chi connectivity index (χ1) is 20.4. The number of amides is 3. The molecule has 1 unspecified atom stereocenters. The van der Waals surface area contributed by atoms with Crippen LogP contribution in [-0.2, 0) is 17.8 Å². The van der Waals surface area contributed by atoms with Crippen LogP contribution in [0.5, 0.6) is 5.88 Å². The zero-order valence-electron chi connectivity index (χ0n) is 23.8. The largest absolute Gasteiger partial charge is 0.477 e. The molecule has 43 heavy (non-hydrogen) atoms. The van der Waals surface area contributed by atoms with E-state index >= 15 is 0 Å². The molecule has 5 rings (SSSR count). The van der Waals surface area contributed by atoms with E-state index in [1.165, 1.54) is 17.8 Å². The first-order valence-corrected chi connectivity index (χ1v) is 13.3. The van der Waals surface area contributed by atoms with E-state index in [0.29, 0.717) is 29.7 Å². The van der Waals surface area contributed by atoms with E-state index in [2.05, 4.69) is 35.1 Å². The summed E-state index contributed by atoms with van der Waals surface area (Å²) in [5.41, 5.74) is 1.25. The molecule has 18 heteroatoms. The van der Waals surface area contributed by atoms with Gasteiger partial charge in [-0.05, 0) is 41.7 Å². The Hall–Kier alpha value is -4.09. The fourth-order valence-electron chi connectivity index (χ4n) is 4.04. The third kappa shape index (κ3) is 9.72. The number of hydrogen-bond donors (Lipinski definition) is 2.